The van der Waals surface area contributed by atoms with E-state index in [1.165, 1.54) is 0 Å². The molecular formula is C22H26N2O4. The van der Waals surface area contributed by atoms with Gasteiger partial charge in [-0.05, 0) is 23.8 Å². The van der Waals surface area contributed by atoms with Crippen molar-refractivity contribution >= 4 is 16.8 Å². The number of methoxy groups -OCH3 is 2. The molecule has 1 amide bonds. The number of H-pyrrole nitrogens is 1. The molecule has 0 saturated heterocycles. The first-order valence-corrected chi connectivity index (χ1v) is 9.22. The third-order valence-corrected chi connectivity index (χ3v) is 4.66. The van der Waals surface area contributed by atoms with Gasteiger partial charge in [0.1, 0.15) is 18.1 Å². The Morgan fingerprint density at radius 1 is 1.07 bits per heavy atom. The second kappa shape index (κ2) is 9.39. The third-order valence-electron chi connectivity index (χ3n) is 4.66. The predicted octanol–water partition coefficient (Wildman–Crippen LogP) is 3.83. The van der Waals surface area contributed by atoms with E-state index in [0.29, 0.717) is 25.3 Å². The molecule has 3 aromatic rings. The molecule has 0 aliphatic carbocycles. The van der Waals surface area contributed by atoms with Crippen molar-refractivity contribution in [2.75, 3.05) is 27.8 Å². The summed E-state index contributed by atoms with van der Waals surface area (Å²) >= 11 is 0. The number of nitrogens with one attached hydrogen (secondary N) is 1. The van der Waals surface area contributed by atoms with Crippen molar-refractivity contribution in [2.24, 2.45) is 0 Å². The molecule has 0 unspecified atom stereocenters. The lowest BCUT2D eigenvalue weighted by Gasteiger charge is -2.19. The summed E-state index contributed by atoms with van der Waals surface area (Å²) < 4.78 is 16.3. The van der Waals surface area contributed by atoms with Gasteiger partial charge in [-0.3, -0.25) is 4.79 Å². The molecule has 1 N–H and O–H groups in total. The minimum atomic E-state index is -0.323. The average Bonchev–Trinajstić information content (AvgIpc) is 3.18. The first-order valence-electron chi connectivity index (χ1n) is 9.22. The molecule has 6 heteroatoms. The number of fused-ring (bicyclic) bond motifs is 1. The third kappa shape index (κ3) is 4.71. The summed E-state index contributed by atoms with van der Waals surface area (Å²) in [4.78, 5) is 17.6. The number of aromatic nitrogens is 1. The molecule has 0 fully saturated rings. The first-order chi connectivity index (χ1) is 13.6. The number of nitrogens with zero attached hydrogens (tertiary/aromatic N) is 1. The zero-order valence-electron chi connectivity index (χ0n) is 16.5. The second-order valence-corrected chi connectivity index (χ2v) is 6.59. The Balaban J connectivity index is 1.72. The van der Waals surface area contributed by atoms with E-state index in [1.54, 1.807) is 26.2 Å². The number of aromatic amines is 1. The van der Waals surface area contributed by atoms with Crippen molar-refractivity contribution in [3.8, 4) is 5.75 Å². The Kier molecular flexibility index (Phi) is 6.68. The SMILES string of the molecule is COC(CCN(C)C(=O)c1cc2c(OCc3ccccc3)cccc2[nH]1)OC. The van der Waals surface area contributed by atoms with Crippen molar-refractivity contribution in [3.63, 3.8) is 0 Å². The maximum atomic E-state index is 12.8. The summed E-state index contributed by atoms with van der Waals surface area (Å²) in [5.41, 5.74) is 2.49. The van der Waals surface area contributed by atoms with E-state index in [1.807, 2.05) is 54.6 Å². The van der Waals surface area contributed by atoms with Gasteiger partial charge in [0, 0.05) is 45.1 Å². The van der Waals surface area contributed by atoms with E-state index in [9.17, 15) is 4.79 Å². The molecule has 3 rings (SSSR count). The van der Waals surface area contributed by atoms with Crippen LogP contribution in [0.5, 0.6) is 5.75 Å². The van der Waals surface area contributed by atoms with Crippen molar-refractivity contribution < 1.29 is 19.0 Å². The molecule has 0 aliphatic heterocycles. The number of carbonyl (C=O) groups excluding carboxylic acids is 1. The van der Waals surface area contributed by atoms with Gasteiger partial charge >= 0.3 is 0 Å². The number of amides is 1. The molecule has 2 aromatic carbocycles. The molecule has 1 aromatic heterocycles. The smallest absolute Gasteiger partial charge is 0.270 e. The molecule has 0 aliphatic rings. The Hall–Kier alpha value is -2.83. The van der Waals surface area contributed by atoms with E-state index < -0.39 is 0 Å². The van der Waals surface area contributed by atoms with E-state index in [0.717, 1.165) is 22.2 Å². The van der Waals surface area contributed by atoms with Gasteiger partial charge in [0.05, 0.1) is 0 Å². The molecule has 0 atom stereocenters. The van der Waals surface area contributed by atoms with Crippen LogP contribution in [0, 0.1) is 0 Å². The summed E-state index contributed by atoms with van der Waals surface area (Å²) in [5, 5.41) is 0.891. The number of hydrogen-bond donors (Lipinski definition) is 1. The van der Waals surface area contributed by atoms with Crippen molar-refractivity contribution in [2.45, 2.75) is 19.3 Å². The van der Waals surface area contributed by atoms with Gasteiger partial charge in [-0.1, -0.05) is 36.4 Å². The minimum Gasteiger partial charge on any atom is -0.488 e. The maximum Gasteiger partial charge on any atom is 0.270 e. The molecule has 0 bridgehead atoms. The van der Waals surface area contributed by atoms with Crippen LogP contribution in [-0.4, -0.2) is 49.9 Å². The largest absolute Gasteiger partial charge is 0.488 e. The maximum absolute atomic E-state index is 12.8. The summed E-state index contributed by atoms with van der Waals surface area (Å²) in [6.07, 6.45) is 0.275. The lowest BCUT2D eigenvalue weighted by Crippen LogP contribution is -2.31. The zero-order valence-corrected chi connectivity index (χ0v) is 16.5. The highest BCUT2D eigenvalue weighted by Gasteiger charge is 2.17. The molecule has 28 heavy (non-hydrogen) atoms. The van der Waals surface area contributed by atoms with Crippen molar-refractivity contribution in [3.05, 3.63) is 65.9 Å². The lowest BCUT2D eigenvalue weighted by molar-refractivity contribution is -0.107. The number of ether oxygens (including phenoxy) is 3. The highest BCUT2D eigenvalue weighted by molar-refractivity contribution is 5.99. The Labute approximate surface area is 165 Å². The van der Waals surface area contributed by atoms with Gasteiger partial charge in [-0.25, -0.2) is 0 Å². The predicted molar refractivity (Wildman–Crippen MR) is 108 cm³/mol. The van der Waals surface area contributed by atoms with E-state index in [2.05, 4.69) is 4.98 Å². The topological polar surface area (TPSA) is 63.8 Å². The fourth-order valence-corrected chi connectivity index (χ4v) is 3.04. The number of benzene rings is 2. The van der Waals surface area contributed by atoms with Crippen LogP contribution in [0.25, 0.3) is 10.9 Å². The quantitative estimate of drug-likeness (QED) is 0.571. The normalized spacial score (nSPS) is 11.1. The van der Waals surface area contributed by atoms with Gasteiger partial charge < -0.3 is 24.1 Å². The van der Waals surface area contributed by atoms with Crippen LogP contribution in [0.4, 0.5) is 0 Å². The summed E-state index contributed by atoms with van der Waals surface area (Å²) in [6, 6.07) is 17.6. The van der Waals surface area contributed by atoms with Crippen LogP contribution in [0.3, 0.4) is 0 Å². The number of carbonyl (C=O) groups is 1. The van der Waals surface area contributed by atoms with Crippen molar-refractivity contribution in [1.29, 1.82) is 0 Å². The summed E-state index contributed by atoms with van der Waals surface area (Å²) in [7, 11) is 4.94. The molecule has 1 heterocycles. The average molecular weight is 382 g/mol. The summed E-state index contributed by atoms with van der Waals surface area (Å²) in [5.74, 6) is 0.661. The minimum absolute atomic E-state index is 0.0869. The van der Waals surface area contributed by atoms with Crippen LogP contribution < -0.4 is 4.74 Å². The second-order valence-electron chi connectivity index (χ2n) is 6.59. The highest BCUT2D eigenvalue weighted by Crippen LogP contribution is 2.27. The Morgan fingerprint density at radius 2 is 1.82 bits per heavy atom. The molecule has 0 radical (unpaired) electrons. The van der Waals surface area contributed by atoms with Crippen LogP contribution >= 0.6 is 0 Å². The first kappa shape index (κ1) is 19.9. The fourth-order valence-electron chi connectivity index (χ4n) is 3.04. The number of hydrogen-bond acceptors (Lipinski definition) is 4. The van der Waals surface area contributed by atoms with Crippen molar-refractivity contribution in [1.82, 2.24) is 9.88 Å². The monoisotopic (exact) mass is 382 g/mol. The number of rotatable bonds is 9. The molecule has 0 saturated carbocycles. The van der Waals surface area contributed by atoms with Gasteiger partial charge in [0.25, 0.3) is 5.91 Å². The highest BCUT2D eigenvalue weighted by atomic mass is 16.7. The molecule has 0 spiro atoms. The Morgan fingerprint density at radius 3 is 2.54 bits per heavy atom. The van der Waals surface area contributed by atoms with Crippen LogP contribution in [0.1, 0.15) is 22.5 Å². The van der Waals surface area contributed by atoms with Gasteiger partial charge in [0.2, 0.25) is 0 Å². The zero-order chi connectivity index (χ0) is 19.9. The summed E-state index contributed by atoms with van der Waals surface area (Å²) in [6.45, 7) is 1.00. The van der Waals surface area contributed by atoms with Gasteiger partial charge in [-0.2, -0.15) is 0 Å². The molecular weight excluding hydrogens is 356 g/mol. The molecule has 148 valence electrons. The lowest BCUT2D eigenvalue weighted by atomic mass is 10.2. The van der Waals surface area contributed by atoms with Gasteiger partial charge in [-0.15, -0.1) is 0 Å². The van der Waals surface area contributed by atoms with Gasteiger partial charge in [0.15, 0.2) is 6.29 Å². The molecule has 6 nitrogen and oxygen atoms in total. The van der Waals surface area contributed by atoms with E-state index >= 15 is 0 Å². The van der Waals surface area contributed by atoms with E-state index in [-0.39, 0.29) is 12.2 Å². The standard InChI is InChI=1S/C22H26N2O4/c1-24(13-12-21(26-2)27-3)22(25)19-14-17-18(23-19)10-7-11-20(17)28-15-16-8-5-4-6-9-16/h4-11,14,21,23H,12-13,15H2,1-3H3. The van der Waals surface area contributed by atoms with Crippen LogP contribution in [0.15, 0.2) is 54.6 Å². The fraction of sp³-hybridized carbons (Fsp3) is 0.318. The van der Waals surface area contributed by atoms with Crippen LogP contribution in [0.2, 0.25) is 0 Å². The van der Waals surface area contributed by atoms with Crippen LogP contribution in [-0.2, 0) is 16.1 Å². The Bertz CT molecular complexity index is 903. The van der Waals surface area contributed by atoms with E-state index in [4.69, 9.17) is 14.2 Å².